The van der Waals surface area contributed by atoms with Crippen LogP contribution in [0.4, 0.5) is 5.69 Å². The molecular weight excluding hydrogens is 296 g/mol. The molecule has 1 heterocycles. The van der Waals surface area contributed by atoms with E-state index in [4.69, 9.17) is 11.6 Å². The van der Waals surface area contributed by atoms with Crippen molar-refractivity contribution >= 4 is 29.1 Å². The SMILES string of the molecule is CC1(C)C2C(=O)N(Cc3ccc(Cl)c([N+](=O)[O-])c3)C(=O)C21. The number of nitro groups is 1. The predicted octanol–water partition coefficient (Wildman–Crippen LogP) is 2.39. The molecule has 2 fully saturated rings. The van der Waals surface area contributed by atoms with Gasteiger partial charge < -0.3 is 0 Å². The summed E-state index contributed by atoms with van der Waals surface area (Å²) in [6.07, 6.45) is 0. The van der Waals surface area contributed by atoms with Gasteiger partial charge in [-0.1, -0.05) is 31.5 Å². The normalized spacial score (nSPS) is 26.0. The Morgan fingerprint density at radius 2 is 1.86 bits per heavy atom. The Hall–Kier alpha value is -1.95. The van der Waals surface area contributed by atoms with Gasteiger partial charge >= 0.3 is 0 Å². The van der Waals surface area contributed by atoms with Crippen LogP contribution in [0, 0.1) is 27.4 Å². The predicted molar refractivity (Wildman–Crippen MR) is 74.4 cm³/mol. The van der Waals surface area contributed by atoms with Crippen molar-refractivity contribution in [2.24, 2.45) is 17.3 Å². The van der Waals surface area contributed by atoms with Crippen LogP contribution in [0.3, 0.4) is 0 Å². The van der Waals surface area contributed by atoms with Crippen molar-refractivity contribution in [2.45, 2.75) is 20.4 Å². The number of halogens is 1. The highest BCUT2D eigenvalue weighted by atomic mass is 35.5. The van der Waals surface area contributed by atoms with Crippen LogP contribution in [-0.2, 0) is 16.1 Å². The van der Waals surface area contributed by atoms with E-state index < -0.39 is 4.92 Å². The Labute approximate surface area is 125 Å². The summed E-state index contributed by atoms with van der Waals surface area (Å²) in [5.74, 6) is -0.861. The van der Waals surface area contributed by atoms with Crippen LogP contribution in [0.5, 0.6) is 0 Å². The van der Waals surface area contributed by atoms with E-state index in [1.54, 1.807) is 6.07 Å². The number of rotatable bonds is 3. The standard InChI is InChI=1S/C14H13ClN2O4/c1-14(2)10-11(14)13(19)16(12(10)18)6-7-3-4-8(15)9(5-7)17(20)21/h3-5,10-11H,6H2,1-2H3. The van der Waals surface area contributed by atoms with E-state index in [1.165, 1.54) is 17.0 Å². The number of nitro benzene ring substituents is 1. The fraction of sp³-hybridized carbons (Fsp3) is 0.429. The number of hydrogen-bond acceptors (Lipinski definition) is 4. The summed E-state index contributed by atoms with van der Waals surface area (Å²) in [4.78, 5) is 35.9. The molecule has 6 nitrogen and oxygen atoms in total. The smallest absolute Gasteiger partial charge is 0.278 e. The number of piperidine rings is 1. The molecule has 1 saturated carbocycles. The second kappa shape index (κ2) is 4.27. The molecule has 2 aliphatic rings. The number of hydrogen-bond donors (Lipinski definition) is 0. The lowest BCUT2D eigenvalue weighted by Crippen LogP contribution is -2.35. The van der Waals surface area contributed by atoms with Gasteiger partial charge in [0.15, 0.2) is 0 Å². The molecule has 110 valence electrons. The maximum atomic E-state index is 12.2. The molecule has 1 aromatic carbocycles. The first-order valence-electron chi connectivity index (χ1n) is 6.53. The molecule has 2 atom stereocenters. The van der Waals surface area contributed by atoms with E-state index in [0.29, 0.717) is 5.56 Å². The lowest BCUT2D eigenvalue weighted by Gasteiger charge is -2.20. The first-order chi connectivity index (χ1) is 9.75. The first kappa shape index (κ1) is 14.0. The zero-order chi connectivity index (χ0) is 15.5. The minimum atomic E-state index is -0.583. The van der Waals surface area contributed by atoms with Gasteiger partial charge in [0.05, 0.1) is 23.3 Å². The summed E-state index contributed by atoms with van der Waals surface area (Å²) in [6.45, 7) is 3.87. The molecule has 0 bridgehead atoms. The second-order valence-corrected chi connectivity index (χ2v) is 6.49. The van der Waals surface area contributed by atoms with Crippen LogP contribution in [0.1, 0.15) is 19.4 Å². The molecule has 0 N–H and O–H groups in total. The molecule has 21 heavy (non-hydrogen) atoms. The van der Waals surface area contributed by atoms with Crippen LogP contribution < -0.4 is 0 Å². The Morgan fingerprint density at radius 1 is 1.29 bits per heavy atom. The Bertz CT molecular complexity index is 662. The highest BCUT2D eigenvalue weighted by molar-refractivity contribution is 6.32. The zero-order valence-corrected chi connectivity index (χ0v) is 12.3. The summed E-state index contributed by atoms with van der Waals surface area (Å²) in [7, 11) is 0. The molecular formula is C14H13ClN2O4. The summed E-state index contributed by atoms with van der Waals surface area (Å²) < 4.78 is 0. The fourth-order valence-corrected chi connectivity index (χ4v) is 3.33. The number of imide groups is 1. The second-order valence-electron chi connectivity index (χ2n) is 6.08. The molecule has 0 aromatic heterocycles. The van der Waals surface area contributed by atoms with Crippen molar-refractivity contribution in [3.63, 3.8) is 0 Å². The third kappa shape index (κ3) is 1.93. The van der Waals surface area contributed by atoms with Gasteiger partial charge in [0.2, 0.25) is 11.8 Å². The fourth-order valence-electron chi connectivity index (χ4n) is 3.14. The van der Waals surface area contributed by atoms with Gasteiger partial charge in [-0.3, -0.25) is 24.6 Å². The molecule has 3 rings (SSSR count). The van der Waals surface area contributed by atoms with Crippen molar-refractivity contribution in [3.8, 4) is 0 Å². The summed E-state index contributed by atoms with van der Waals surface area (Å²) in [5, 5.41) is 10.9. The lowest BCUT2D eigenvalue weighted by molar-refractivity contribution is -0.384. The molecule has 0 radical (unpaired) electrons. The van der Waals surface area contributed by atoms with Gasteiger partial charge in [-0.25, -0.2) is 0 Å². The number of nitrogens with zero attached hydrogens (tertiary/aromatic N) is 2. The molecule has 1 aliphatic carbocycles. The zero-order valence-electron chi connectivity index (χ0n) is 11.5. The van der Waals surface area contributed by atoms with Crippen molar-refractivity contribution in [1.29, 1.82) is 0 Å². The molecule has 1 aromatic rings. The van der Waals surface area contributed by atoms with E-state index in [9.17, 15) is 19.7 Å². The van der Waals surface area contributed by atoms with Gasteiger partial charge in [0.1, 0.15) is 5.02 Å². The summed E-state index contributed by atoms with van der Waals surface area (Å²) >= 11 is 5.74. The number of carbonyl (C=O) groups is 2. The number of carbonyl (C=O) groups excluding carboxylic acids is 2. The molecule has 0 spiro atoms. The highest BCUT2D eigenvalue weighted by Crippen LogP contribution is 2.63. The van der Waals surface area contributed by atoms with Crippen molar-refractivity contribution < 1.29 is 14.5 Å². The van der Waals surface area contributed by atoms with E-state index >= 15 is 0 Å². The molecule has 1 saturated heterocycles. The van der Waals surface area contributed by atoms with Gasteiger partial charge in [-0.05, 0) is 17.0 Å². The quantitative estimate of drug-likeness (QED) is 0.488. The highest BCUT2D eigenvalue weighted by Gasteiger charge is 2.72. The third-order valence-electron chi connectivity index (χ3n) is 4.44. The molecule has 2 unspecified atom stereocenters. The Balaban J connectivity index is 1.83. The molecule has 2 amide bonds. The van der Waals surface area contributed by atoms with Crippen LogP contribution >= 0.6 is 11.6 Å². The summed E-state index contributed by atoms with van der Waals surface area (Å²) in [6, 6.07) is 4.30. The lowest BCUT2D eigenvalue weighted by atomic mass is 10.1. The number of benzene rings is 1. The maximum absolute atomic E-state index is 12.2. The largest absolute Gasteiger partial charge is 0.288 e. The van der Waals surface area contributed by atoms with Crippen LogP contribution in [-0.4, -0.2) is 21.6 Å². The van der Waals surface area contributed by atoms with Crippen LogP contribution in [0.15, 0.2) is 18.2 Å². The average molecular weight is 309 g/mol. The van der Waals surface area contributed by atoms with Gasteiger partial charge in [-0.15, -0.1) is 0 Å². The van der Waals surface area contributed by atoms with Gasteiger partial charge in [-0.2, -0.15) is 0 Å². The topological polar surface area (TPSA) is 80.5 Å². The summed E-state index contributed by atoms with van der Waals surface area (Å²) in [5.41, 5.74) is 0.0436. The van der Waals surface area contributed by atoms with Crippen molar-refractivity contribution in [2.75, 3.05) is 0 Å². The van der Waals surface area contributed by atoms with Crippen LogP contribution in [0.25, 0.3) is 0 Å². The van der Waals surface area contributed by atoms with Crippen molar-refractivity contribution in [3.05, 3.63) is 38.9 Å². The maximum Gasteiger partial charge on any atom is 0.288 e. The Morgan fingerprint density at radius 3 is 2.38 bits per heavy atom. The number of fused-ring (bicyclic) bond motifs is 1. The minimum absolute atomic E-state index is 0.0341. The minimum Gasteiger partial charge on any atom is -0.278 e. The average Bonchev–Trinajstić information content (AvgIpc) is 2.87. The van der Waals surface area contributed by atoms with Crippen LogP contribution in [0.2, 0.25) is 5.02 Å². The Kier molecular flexibility index (Phi) is 2.85. The third-order valence-corrected chi connectivity index (χ3v) is 4.76. The number of likely N-dealkylation sites (tertiary alicyclic amines) is 1. The van der Waals surface area contributed by atoms with E-state index in [0.717, 1.165) is 0 Å². The van der Waals surface area contributed by atoms with Gasteiger partial charge in [0.25, 0.3) is 5.69 Å². The monoisotopic (exact) mass is 308 g/mol. The molecule has 7 heteroatoms. The van der Waals surface area contributed by atoms with Gasteiger partial charge in [0, 0.05) is 6.07 Å². The van der Waals surface area contributed by atoms with E-state index in [1.807, 2.05) is 13.8 Å². The van der Waals surface area contributed by atoms with Crippen molar-refractivity contribution in [1.82, 2.24) is 4.90 Å². The molecule has 1 aliphatic heterocycles. The van der Waals surface area contributed by atoms with E-state index in [2.05, 4.69) is 0 Å². The first-order valence-corrected chi connectivity index (χ1v) is 6.91. The van der Waals surface area contributed by atoms with E-state index in [-0.39, 0.29) is 46.3 Å². The number of amides is 2.